The van der Waals surface area contributed by atoms with Crippen molar-refractivity contribution >= 4 is 19.9 Å². The van der Waals surface area contributed by atoms with Crippen molar-refractivity contribution in [1.82, 2.24) is 9.29 Å². The first kappa shape index (κ1) is 21.4. The number of aromatic nitrogens is 1. The summed E-state index contributed by atoms with van der Waals surface area (Å²) in [6.45, 7) is 2.05. The van der Waals surface area contributed by atoms with E-state index in [4.69, 9.17) is 0 Å². The molecule has 31 heavy (non-hydrogen) atoms. The van der Waals surface area contributed by atoms with Crippen LogP contribution in [0, 0.1) is 6.92 Å². The van der Waals surface area contributed by atoms with Crippen LogP contribution in [0.4, 0.5) is 0 Å². The second-order valence-electron chi connectivity index (χ2n) is 7.33. The van der Waals surface area contributed by atoms with Gasteiger partial charge in [0.05, 0.1) is 20.7 Å². The van der Waals surface area contributed by atoms with Crippen LogP contribution in [0.2, 0.25) is 0 Å². The van der Waals surface area contributed by atoms with Gasteiger partial charge < -0.3 is 0 Å². The maximum Gasteiger partial charge on any atom is 0.243 e. The fourth-order valence-corrected chi connectivity index (χ4v) is 7.04. The van der Waals surface area contributed by atoms with Crippen LogP contribution in [-0.2, 0) is 19.9 Å². The highest BCUT2D eigenvalue weighted by Crippen LogP contribution is 2.41. The zero-order valence-corrected chi connectivity index (χ0v) is 18.6. The molecule has 0 amide bonds. The number of aryl methyl sites for hydroxylation is 1. The number of hydrogen-bond donors (Lipinski definition) is 0. The quantitative estimate of drug-likeness (QED) is 0.584. The van der Waals surface area contributed by atoms with Crippen molar-refractivity contribution in [3.05, 3.63) is 101 Å². The summed E-state index contributed by atoms with van der Waals surface area (Å²) in [5, 5.41) is 0. The summed E-state index contributed by atoms with van der Waals surface area (Å²) in [7, 11) is -7.87. The monoisotopic (exact) mass is 454 g/mol. The number of sulfone groups is 1. The fourth-order valence-electron chi connectivity index (χ4n) is 3.68. The fraction of sp³-hybridized carbons (Fsp3) is 0.174. The van der Waals surface area contributed by atoms with E-state index in [9.17, 15) is 16.8 Å². The van der Waals surface area contributed by atoms with Gasteiger partial charge in [0, 0.05) is 18.9 Å². The molecule has 3 aromatic rings. The summed E-state index contributed by atoms with van der Waals surface area (Å²) >= 11 is 0. The molecule has 2 heterocycles. The molecule has 2 aromatic carbocycles. The van der Waals surface area contributed by atoms with Crippen LogP contribution in [0.25, 0.3) is 0 Å². The Morgan fingerprint density at radius 3 is 2.23 bits per heavy atom. The molecule has 0 radical (unpaired) electrons. The van der Waals surface area contributed by atoms with Gasteiger partial charge in [-0.2, -0.15) is 4.31 Å². The summed E-state index contributed by atoms with van der Waals surface area (Å²) in [6, 6.07) is 17.0. The maximum absolute atomic E-state index is 13.6. The molecule has 0 fully saturated rings. The van der Waals surface area contributed by atoms with Crippen LogP contribution in [0.15, 0.2) is 99.9 Å². The molecule has 1 unspecified atom stereocenters. The van der Waals surface area contributed by atoms with Gasteiger partial charge in [-0.05, 0) is 49.2 Å². The highest BCUT2D eigenvalue weighted by atomic mass is 32.2. The molecule has 4 rings (SSSR count). The number of hydrogen-bond acceptors (Lipinski definition) is 5. The second kappa shape index (κ2) is 8.37. The van der Waals surface area contributed by atoms with Gasteiger partial charge in [-0.3, -0.25) is 4.98 Å². The van der Waals surface area contributed by atoms with Crippen LogP contribution in [0.1, 0.15) is 23.6 Å². The molecular formula is C23H22N2O4S2. The Bertz CT molecular complexity index is 1300. The molecule has 6 nitrogen and oxygen atoms in total. The summed E-state index contributed by atoms with van der Waals surface area (Å²) in [6.07, 6.45) is 5.01. The molecule has 0 aliphatic carbocycles. The Labute approximate surface area is 182 Å². The summed E-state index contributed by atoms with van der Waals surface area (Å²) in [4.78, 5) is 4.42. The van der Waals surface area contributed by atoms with E-state index < -0.39 is 25.9 Å². The SMILES string of the molecule is Cc1ccc(S(=O)(=O)C2=CCCN(S(=O)(=O)c3ccccc3)C2c2cccnc2)cc1. The van der Waals surface area contributed by atoms with Crippen molar-refractivity contribution in [2.24, 2.45) is 0 Å². The Hall–Kier alpha value is -2.81. The summed E-state index contributed by atoms with van der Waals surface area (Å²) < 4.78 is 55.4. The lowest BCUT2D eigenvalue weighted by Gasteiger charge is -2.35. The van der Waals surface area contributed by atoms with Crippen molar-refractivity contribution < 1.29 is 16.8 Å². The number of benzene rings is 2. The van der Waals surface area contributed by atoms with Gasteiger partial charge in [-0.15, -0.1) is 0 Å². The molecule has 1 aromatic heterocycles. The van der Waals surface area contributed by atoms with E-state index in [1.165, 1.54) is 22.6 Å². The average Bonchev–Trinajstić information content (AvgIpc) is 2.80. The van der Waals surface area contributed by atoms with E-state index in [1.807, 2.05) is 6.92 Å². The smallest absolute Gasteiger partial charge is 0.243 e. The van der Waals surface area contributed by atoms with E-state index in [0.717, 1.165) is 5.56 Å². The first-order valence-electron chi connectivity index (χ1n) is 9.80. The number of nitrogens with zero attached hydrogens (tertiary/aromatic N) is 2. The van der Waals surface area contributed by atoms with Gasteiger partial charge in [0.2, 0.25) is 19.9 Å². The summed E-state index contributed by atoms with van der Waals surface area (Å²) in [5.41, 5.74) is 1.44. The zero-order valence-electron chi connectivity index (χ0n) is 16.9. The first-order valence-corrected chi connectivity index (χ1v) is 12.7. The molecule has 1 atom stereocenters. The van der Waals surface area contributed by atoms with Crippen LogP contribution < -0.4 is 0 Å². The molecule has 8 heteroatoms. The molecule has 0 N–H and O–H groups in total. The second-order valence-corrected chi connectivity index (χ2v) is 11.2. The largest absolute Gasteiger partial charge is 0.264 e. The molecular weight excluding hydrogens is 432 g/mol. The Morgan fingerprint density at radius 2 is 1.58 bits per heavy atom. The minimum absolute atomic E-state index is 0.0510. The molecule has 1 aliphatic rings. The van der Waals surface area contributed by atoms with Gasteiger partial charge in [0.15, 0.2) is 0 Å². The van der Waals surface area contributed by atoms with E-state index in [2.05, 4.69) is 4.98 Å². The number of rotatable bonds is 5. The normalized spacial score (nSPS) is 17.8. The van der Waals surface area contributed by atoms with Crippen LogP contribution in [0.5, 0.6) is 0 Å². The molecule has 0 saturated heterocycles. The average molecular weight is 455 g/mol. The van der Waals surface area contributed by atoms with E-state index in [-0.39, 0.29) is 21.2 Å². The molecule has 0 saturated carbocycles. The first-order chi connectivity index (χ1) is 14.8. The van der Waals surface area contributed by atoms with Crippen molar-refractivity contribution in [3.8, 4) is 0 Å². The molecule has 1 aliphatic heterocycles. The van der Waals surface area contributed by atoms with E-state index in [0.29, 0.717) is 12.0 Å². The minimum atomic E-state index is -3.94. The maximum atomic E-state index is 13.6. The zero-order chi connectivity index (χ0) is 22.1. The van der Waals surface area contributed by atoms with Crippen molar-refractivity contribution in [2.45, 2.75) is 29.2 Å². The Balaban J connectivity index is 1.88. The van der Waals surface area contributed by atoms with Gasteiger partial charge >= 0.3 is 0 Å². The number of pyridine rings is 1. The molecule has 0 bridgehead atoms. The number of sulfonamides is 1. The van der Waals surface area contributed by atoms with E-state index in [1.54, 1.807) is 66.9 Å². The van der Waals surface area contributed by atoms with Gasteiger partial charge in [0.25, 0.3) is 0 Å². The van der Waals surface area contributed by atoms with Crippen LogP contribution >= 0.6 is 0 Å². The van der Waals surface area contributed by atoms with Crippen LogP contribution in [0.3, 0.4) is 0 Å². The third kappa shape index (κ3) is 4.06. The van der Waals surface area contributed by atoms with Crippen molar-refractivity contribution in [2.75, 3.05) is 6.54 Å². The standard InChI is InChI=1S/C23H22N2O4S2/c1-18-11-13-20(14-12-18)30(26,27)22-10-6-16-25(23(22)19-7-5-15-24-17-19)31(28,29)21-8-3-2-4-9-21/h2-5,7-15,17,23H,6,16H2,1H3. The van der Waals surface area contributed by atoms with Crippen molar-refractivity contribution in [1.29, 1.82) is 0 Å². The van der Waals surface area contributed by atoms with Gasteiger partial charge in [0.1, 0.15) is 0 Å². The van der Waals surface area contributed by atoms with E-state index >= 15 is 0 Å². The van der Waals surface area contributed by atoms with Gasteiger partial charge in [-0.1, -0.05) is 48.0 Å². The third-order valence-electron chi connectivity index (χ3n) is 5.24. The lowest BCUT2D eigenvalue weighted by atomic mass is 10.1. The Kier molecular flexibility index (Phi) is 5.79. The van der Waals surface area contributed by atoms with Gasteiger partial charge in [-0.25, -0.2) is 16.8 Å². The highest BCUT2D eigenvalue weighted by Gasteiger charge is 2.41. The minimum Gasteiger partial charge on any atom is -0.264 e. The Morgan fingerprint density at radius 1 is 0.871 bits per heavy atom. The third-order valence-corrected chi connectivity index (χ3v) is 9.03. The predicted molar refractivity (Wildman–Crippen MR) is 118 cm³/mol. The lowest BCUT2D eigenvalue weighted by molar-refractivity contribution is 0.353. The topological polar surface area (TPSA) is 84.4 Å². The highest BCUT2D eigenvalue weighted by molar-refractivity contribution is 7.95. The molecule has 0 spiro atoms. The molecule has 160 valence electrons. The predicted octanol–water partition coefficient (Wildman–Crippen LogP) is 3.88. The van der Waals surface area contributed by atoms with Crippen LogP contribution in [-0.4, -0.2) is 32.7 Å². The van der Waals surface area contributed by atoms with Crippen molar-refractivity contribution in [3.63, 3.8) is 0 Å². The summed E-state index contributed by atoms with van der Waals surface area (Å²) in [5.74, 6) is 0. The lowest BCUT2D eigenvalue weighted by Crippen LogP contribution is -2.40.